The zero-order valence-electron chi connectivity index (χ0n) is 11.6. The topological polar surface area (TPSA) is 76.1 Å². The summed E-state index contributed by atoms with van der Waals surface area (Å²) in [6.45, 7) is 9.30. The summed E-state index contributed by atoms with van der Waals surface area (Å²) in [6, 6.07) is -0.898. The second-order valence-electron chi connectivity index (χ2n) is 5.47. The number of nitrogens with zero attached hydrogens (tertiary/aromatic N) is 1. The van der Waals surface area contributed by atoms with Crippen LogP contribution in [0, 0.1) is 0 Å². The lowest BCUT2D eigenvalue weighted by Gasteiger charge is -2.26. The Hall–Kier alpha value is -1.56. The number of amides is 1. The van der Waals surface area contributed by atoms with Crippen LogP contribution in [-0.4, -0.2) is 53.0 Å². The first-order chi connectivity index (χ1) is 8.74. The van der Waals surface area contributed by atoms with E-state index in [1.807, 2.05) is 0 Å². The van der Waals surface area contributed by atoms with E-state index in [0.29, 0.717) is 6.61 Å². The van der Waals surface area contributed by atoms with Crippen LogP contribution < -0.4 is 0 Å². The van der Waals surface area contributed by atoms with Crippen LogP contribution in [0.1, 0.15) is 27.2 Å². The molecule has 6 heteroatoms. The molecule has 1 saturated heterocycles. The van der Waals surface area contributed by atoms with Gasteiger partial charge in [0.15, 0.2) is 0 Å². The molecule has 0 aromatic rings. The molecule has 0 aliphatic carbocycles. The third-order valence-corrected chi connectivity index (χ3v) is 2.63. The van der Waals surface area contributed by atoms with Crippen LogP contribution in [0.25, 0.3) is 0 Å². The summed E-state index contributed by atoms with van der Waals surface area (Å²) >= 11 is 0. The summed E-state index contributed by atoms with van der Waals surface area (Å²) in [5.41, 5.74) is -0.653. The van der Waals surface area contributed by atoms with Crippen LogP contribution in [0.3, 0.4) is 0 Å². The van der Waals surface area contributed by atoms with E-state index in [4.69, 9.17) is 14.6 Å². The summed E-state index contributed by atoms with van der Waals surface area (Å²) in [6.07, 6.45) is 0.935. The number of rotatable bonds is 4. The Morgan fingerprint density at radius 3 is 2.58 bits per heavy atom. The first kappa shape index (κ1) is 15.5. The molecule has 108 valence electrons. The van der Waals surface area contributed by atoms with Gasteiger partial charge in [0.05, 0.1) is 19.3 Å². The quantitative estimate of drug-likeness (QED) is 0.787. The van der Waals surface area contributed by atoms with Crippen molar-refractivity contribution in [2.24, 2.45) is 0 Å². The average molecular weight is 271 g/mol. The summed E-state index contributed by atoms with van der Waals surface area (Å²) in [7, 11) is 0. The van der Waals surface area contributed by atoms with Crippen LogP contribution >= 0.6 is 0 Å². The summed E-state index contributed by atoms with van der Waals surface area (Å²) in [5, 5.41) is 9.15. The van der Waals surface area contributed by atoms with E-state index in [0.717, 1.165) is 0 Å². The largest absolute Gasteiger partial charge is 0.480 e. The minimum absolute atomic E-state index is 0.222. The van der Waals surface area contributed by atoms with Gasteiger partial charge >= 0.3 is 12.1 Å². The van der Waals surface area contributed by atoms with Crippen molar-refractivity contribution in [1.82, 2.24) is 4.90 Å². The highest BCUT2D eigenvalue weighted by Crippen LogP contribution is 2.23. The van der Waals surface area contributed by atoms with Gasteiger partial charge in [0, 0.05) is 6.42 Å². The molecule has 1 aliphatic heterocycles. The van der Waals surface area contributed by atoms with E-state index in [1.165, 1.54) is 4.90 Å². The van der Waals surface area contributed by atoms with Crippen molar-refractivity contribution in [1.29, 1.82) is 0 Å². The highest BCUT2D eigenvalue weighted by molar-refractivity contribution is 5.81. The molecular formula is C13H21NO5. The van der Waals surface area contributed by atoms with E-state index < -0.39 is 23.7 Å². The van der Waals surface area contributed by atoms with Crippen LogP contribution in [-0.2, 0) is 14.3 Å². The second kappa shape index (κ2) is 6.06. The lowest BCUT2D eigenvalue weighted by atomic mass is 10.2. The number of carboxylic acid groups (broad SMARTS) is 1. The van der Waals surface area contributed by atoms with Crippen LogP contribution in [0.5, 0.6) is 0 Å². The molecule has 0 radical (unpaired) electrons. The van der Waals surface area contributed by atoms with Gasteiger partial charge < -0.3 is 14.6 Å². The zero-order chi connectivity index (χ0) is 14.6. The lowest BCUT2D eigenvalue weighted by Crippen LogP contribution is -2.43. The van der Waals surface area contributed by atoms with Crippen molar-refractivity contribution < 1.29 is 24.2 Å². The molecule has 19 heavy (non-hydrogen) atoms. The highest BCUT2D eigenvalue weighted by atomic mass is 16.6. The fourth-order valence-electron chi connectivity index (χ4n) is 1.88. The van der Waals surface area contributed by atoms with Crippen molar-refractivity contribution >= 4 is 12.1 Å². The summed E-state index contributed by atoms with van der Waals surface area (Å²) in [5.74, 6) is -1.05. The predicted octanol–water partition coefficient (Wildman–Crippen LogP) is 1.65. The Kier molecular flexibility index (Phi) is 4.94. The number of hydrogen-bond acceptors (Lipinski definition) is 4. The third kappa shape index (κ3) is 4.55. The molecule has 1 aliphatic rings. The maximum Gasteiger partial charge on any atom is 0.411 e. The molecule has 1 fully saturated rings. The van der Waals surface area contributed by atoms with E-state index in [2.05, 4.69) is 6.58 Å². The normalized spacial score (nSPS) is 23.2. The molecule has 0 saturated carbocycles. The number of carbonyl (C=O) groups excluding carboxylic acids is 1. The number of aliphatic carboxylic acids is 1. The first-order valence-corrected chi connectivity index (χ1v) is 6.19. The number of carboxylic acids is 1. The Morgan fingerprint density at radius 1 is 1.47 bits per heavy atom. The molecule has 0 bridgehead atoms. The molecule has 1 rings (SSSR count). The molecule has 1 heterocycles. The van der Waals surface area contributed by atoms with Gasteiger partial charge in [-0.2, -0.15) is 0 Å². The van der Waals surface area contributed by atoms with Gasteiger partial charge in [-0.25, -0.2) is 9.59 Å². The Morgan fingerprint density at radius 2 is 2.11 bits per heavy atom. The summed E-state index contributed by atoms with van der Waals surface area (Å²) in [4.78, 5) is 24.3. The Bertz CT molecular complexity index is 361. The number of hydrogen-bond donors (Lipinski definition) is 1. The Labute approximate surface area is 113 Å². The Balaban J connectivity index is 2.70. The van der Waals surface area contributed by atoms with Gasteiger partial charge in [0.25, 0.3) is 0 Å². The minimum Gasteiger partial charge on any atom is -0.480 e. The second-order valence-corrected chi connectivity index (χ2v) is 5.47. The van der Waals surface area contributed by atoms with Gasteiger partial charge in [0.2, 0.25) is 0 Å². The molecule has 1 N–H and O–H groups in total. The minimum atomic E-state index is -1.05. The summed E-state index contributed by atoms with van der Waals surface area (Å²) < 4.78 is 10.6. The molecule has 0 aromatic heterocycles. The van der Waals surface area contributed by atoms with Crippen molar-refractivity contribution in [3.63, 3.8) is 0 Å². The third-order valence-electron chi connectivity index (χ3n) is 2.63. The van der Waals surface area contributed by atoms with E-state index in [-0.39, 0.29) is 19.1 Å². The average Bonchev–Trinajstić information content (AvgIpc) is 2.68. The van der Waals surface area contributed by atoms with Gasteiger partial charge in [-0.15, -0.1) is 6.58 Å². The zero-order valence-corrected chi connectivity index (χ0v) is 11.6. The fourth-order valence-corrected chi connectivity index (χ4v) is 1.88. The molecule has 0 unspecified atom stereocenters. The first-order valence-electron chi connectivity index (χ1n) is 6.19. The molecule has 1 amide bonds. The standard InChI is InChI=1S/C13H21NO5/c1-5-6-18-9-7-10(11(15)16)14(8-9)12(17)19-13(2,3)4/h5,9-10H,1,6-8H2,2-4H3,(H,15,16)/t9-,10-/m0/s1. The molecule has 2 atom stereocenters. The predicted molar refractivity (Wildman–Crippen MR) is 68.9 cm³/mol. The van der Waals surface area contributed by atoms with E-state index in [1.54, 1.807) is 26.8 Å². The van der Waals surface area contributed by atoms with Crippen molar-refractivity contribution in [2.45, 2.75) is 44.9 Å². The van der Waals surface area contributed by atoms with E-state index >= 15 is 0 Å². The van der Waals surface area contributed by atoms with Crippen LogP contribution in [0.4, 0.5) is 4.79 Å². The van der Waals surface area contributed by atoms with Crippen molar-refractivity contribution in [2.75, 3.05) is 13.2 Å². The molecule has 6 nitrogen and oxygen atoms in total. The fraction of sp³-hybridized carbons (Fsp3) is 0.692. The smallest absolute Gasteiger partial charge is 0.411 e. The lowest BCUT2D eigenvalue weighted by molar-refractivity contribution is -0.142. The molecule has 0 aromatic carbocycles. The van der Waals surface area contributed by atoms with Crippen LogP contribution in [0.15, 0.2) is 12.7 Å². The number of carbonyl (C=O) groups is 2. The van der Waals surface area contributed by atoms with Gasteiger partial charge in [0.1, 0.15) is 11.6 Å². The number of likely N-dealkylation sites (tertiary alicyclic amines) is 1. The van der Waals surface area contributed by atoms with Crippen LogP contribution in [0.2, 0.25) is 0 Å². The highest BCUT2D eigenvalue weighted by Gasteiger charge is 2.41. The van der Waals surface area contributed by atoms with E-state index in [9.17, 15) is 9.59 Å². The maximum atomic E-state index is 12.0. The van der Waals surface area contributed by atoms with Gasteiger partial charge in [-0.3, -0.25) is 4.90 Å². The van der Waals surface area contributed by atoms with Gasteiger partial charge in [-0.05, 0) is 20.8 Å². The monoisotopic (exact) mass is 271 g/mol. The van der Waals surface area contributed by atoms with Crippen molar-refractivity contribution in [3.05, 3.63) is 12.7 Å². The van der Waals surface area contributed by atoms with Crippen molar-refractivity contribution in [3.8, 4) is 0 Å². The maximum absolute atomic E-state index is 12.0. The SMILES string of the molecule is C=CCO[C@H]1C[C@@H](C(=O)O)N(C(=O)OC(C)(C)C)C1. The molecular weight excluding hydrogens is 250 g/mol. The molecule has 0 spiro atoms. The number of ether oxygens (including phenoxy) is 2. The van der Waals surface area contributed by atoms with Gasteiger partial charge in [-0.1, -0.05) is 6.08 Å².